The van der Waals surface area contributed by atoms with Gasteiger partial charge in [-0.2, -0.15) is 0 Å². The Morgan fingerprint density at radius 1 is 1.13 bits per heavy atom. The van der Waals surface area contributed by atoms with Crippen molar-refractivity contribution < 1.29 is 27.8 Å². The van der Waals surface area contributed by atoms with Crippen LogP contribution in [0.25, 0.3) is 11.0 Å². The van der Waals surface area contributed by atoms with Gasteiger partial charge in [0.2, 0.25) is 5.95 Å². The van der Waals surface area contributed by atoms with Gasteiger partial charge >= 0.3 is 6.36 Å². The number of hydrogen-bond acceptors (Lipinski definition) is 5. The summed E-state index contributed by atoms with van der Waals surface area (Å²) in [5.41, 5.74) is 2.68. The lowest BCUT2D eigenvalue weighted by atomic mass is 9.70. The quantitative estimate of drug-likeness (QED) is 0.283. The third kappa shape index (κ3) is 7.59. The van der Waals surface area contributed by atoms with Gasteiger partial charge < -0.3 is 24.5 Å². The Kier molecular flexibility index (Phi) is 8.13. The fraction of sp³-hybridized carbons (Fsp3) is 0.567. The van der Waals surface area contributed by atoms with E-state index in [0.717, 1.165) is 41.6 Å². The highest BCUT2D eigenvalue weighted by Crippen LogP contribution is 2.46. The van der Waals surface area contributed by atoms with Gasteiger partial charge in [-0.05, 0) is 100 Å². The molecule has 1 aromatic heterocycles. The van der Waals surface area contributed by atoms with Crippen molar-refractivity contribution in [2.75, 3.05) is 11.9 Å². The van der Waals surface area contributed by atoms with Gasteiger partial charge in [0.1, 0.15) is 11.5 Å². The van der Waals surface area contributed by atoms with Crippen LogP contribution in [0.4, 0.5) is 24.8 Å². The summed E-state index contributed by atoms with van der Waals surface area (Å²) in [6.07, 6.45) is -0.421. The maximum absolute atomic E-state index is 12.6. The molecule has 0 radical (unpaired) electrons. The molecule has 1 aliphatic rings. The number of imidazole rings is 1. The SMILES string of the molecule is CCOc1cc2c(cc1CCC(C)(C)O)nc(Nc1ccc(OC(F)(F)F)cc1)n2C1C[C@H](C)CC(C)(C)C1. The van der Waals surface area contributed by atoms with Crippen molar-refractivity contribution in [1.29, 1.82) is 0 Å². The Morgan fingerprint density at radius 3 is 2.41 bits per heavy atom. The molecule has 6 nitrogen and oxygen atoms in total. The van der Waals surface area contributed by atoms with Crippen molar-refractivity contribution in [1.82, 2.24) is 9.55 Å². The third-order valence-electron chi connectivity index (χ3n) is 7.25. The molecule has 3 aromatic rings. The summed E-state index contributed by atoms with van der Waals surface area (Å²) >= 11 is 0. The Morgan fingerprint density at radius 2 is 1.82 bits per heavy atom. The van der Waals surface area contributed by atoms with Crippen LogP contribution < -0.4 is 14.8 Å². The average molecular weight is 548 g/mol. The lowest BCUT2D eigenvalue weighted by molar-refractivity contribution is -0.274. The first kappa shape index (κ1) is 29.1. The van der Waals surface area contributed by atoms with Crippen LogP contribution in [0.5, 0.6) is 11.5 Å². The Balaban J connectivity index is 1.78. The van der Waals surface area contributed by atoms with E-state index in [1.165, 1.54) is 12.1 Å². The second-order valence-electron chi connectivity index (χ2n) is 12.3. The largest absolute Gasteiger partial charge is 0.573 e. The maximum Gasteiger partial charge on any atom is 0.573 e. The van der Waals surface area contributed by atoms with Crippen molar-refractivity contribution >= 4 is 22.7 Å². The first-order valence-electron chi connectivity index (χ1n) is 13.7. The number of rotatable bonds is 9. The predicted molar refractivity (Wildman–Crippen MR) is 148 cm³/mol. The Labute approximate surface area is 228 Å². The second kappa shape index (κ2) is 10.9. The van der Waals surface area contributed by atoms with E-state index in [-0.39, 0.29) is 17.2 Å². The minimum Gasteiger partial charge on any atom is -0.494 e. The monoisotopic (exact) mass is 547 g/mol. The predicted octanol–water partition coefficient (Wildman–Crippen LogP) is 8.17. The molecule has 2 N–H and O–H groups in total. The fourth-order valence-electron chi connectivity index (χ4n) is 5.91. The van der Waals surface area contributed by atoms with Gasteiger partial charge in [0, 0.05) is 17.8 Å². The van der Waals surface area contributed by atoms with Gasteiger partial charge in [-0.15, -0.1) is 13.2 Å². The van der Waals surface area contributed by atoms with E-state index in [4.69, 9.17) is 9.72 Å². The van der Waals surface area contributed by atoms with Crippen molar-refractivity contribution in [2.45, 2.75) is 91.7 Å². The minimum absolute atomic E-state index is 0.155. The van der Waals surface area contributed by atoms with Crippen molar-refractivity contribution in [2.24, 2.45) is 11.3 Å². The molecule has 214 valence electrons. The smallest absolute Gasteiger partial charge is 0.494 e. The minimum atomic E-state index is -4.74. The van der Waals surface area contributed by atoms with Crippen LogP contribution in [-0.2, 0) is 6.42 Å². The molecule has 4 rings (SSSR count). The zero-order chi connectivity index (χ0) is 28.6. The topological polar surface area (TPSA) is 68.5 Å². The normalized spacial score (nSPS) is 19.7. The van der Waals surface area contributed by atoms with Gasteiger partial charge in [0.05, 0.1) is 23.2 Å². The van der Waals surface area contributed by atoms with Crippen LogP contribution in [0.2, 0.25) is 0 Å². The van der Waals surface area contributed by atoms with Gasteiger partial charge in [0.15, 0.2) is 0 Å². The summed E-state index contributed by atoms with van der Waals surface area (Å²) in [6.45, 7) is 12.9. The second-order valence-corrected chi connectivity index (χ2v) is 12.3. The molecule has 1 saturated carbocycles. The molecule has 9 heteroatoms. The lowest BCUT2D eigenvalue weighted by Gasteiger charge is -2.40. The number of nitrogens with zero attached hydrogens (tertiary/aromatic N) is 2. The third-order valence-corrected chi connectivity index (χ3v) is 7.25. The number of aliphatic hydroxyl groups is 1. The van der Waals surface area contributed by atoms with Crippen molar-refractivity contribution in [3.8, 4) is 11.5 Å². The highest BCUT2D eigenvalue weighted by atomic mass is 19.4. The molecule has 0 bridgehead atoms. The van der Waals surface area contributed by atoms with E-state index in [1.807, 2.05) is 19.1 Å². The molecule has 1 aliphatic carbocycles. The first-order chi connectivity index (χ1) is 18.1. The maximum atomic E-state index is 12.6. The van der Waals surface area contributed by atoms with Crippen LogP contribution in [0, 0.1) is 11.3 Å². The van der Waals surface area contributed by atoms with Crippen LogP contribution in [0.15, 0.2) is 36.4 Å². The van der Waals surface area contributed by atoms with E-state index < -0.39 is 12.0 Å². The Bertz CT molecular complexity index is 1280. The number of hydrogen-bond donors (Lipinski definition) is 2. The van der Waals surface area contributed by atoms with Crippen LogP contribution in [0.1, 0.15) is 78.8 Å². The number of aromatic nitrogens is 2. The summed E-state index contributed by atoms with van der Waals surface area (Å²) < 4.78 is 50.2. The molecule has 1 heterocycles. The fourth-order valence-corrected chi connectivity index (χ4v) is 5.91. The summed E-state index contributed by atoms with van der Waals surface area (Å²) in [7, 11) is 0. The van der Waals surface area contributed by atoms with Crippen molar-refractivity contribution in [3.63, 3.8) is 0 Å². The van der Waals surface area contributed by atoms with Gasteiger partial charge in [-0.25, -0.2) is 4.98 Å². The van der Waals surface area contributed by atoms with Crippen LogP contribution >= 0.6 is 0 Å². The van der Waals surface area contributed by atoms with Gasteiger partial charge in [-0.1, -0.05) is 20.8 Å². The standard InChI is InChI=1S/C30H40F3N3O3/c1-7-38-26-16-25-24(15-20(26)12-13-29(5,6)37)35-27(36(25)22-14-19(2)17-28(3,4)18-22)34-21-8-10-23(11-9-21)39-30(31,32)33/h8-11,15-16,19,22,37H,7,12-14,17-18H2,1-6H3,(H,34,35)/t19-,22?/m0/s1. The number of ether oxygens (including phenoxy) is 2. The van der Waals surface area contributed by atoms with E-state index in [2.05, 4.69) is 35.4 Å². The van der Waals surface area contributed by atoms with Crippen LogP contribution in [0.3, 0.4) is 0 Å². The molecule has 39 heavy (non-hydrogen) atoms. The molecular formula is C30H40F3N3O3. The number of fused-ring (bicyclic) bond motifs is 1. The van der Waals surface area contributed by atoms with E-state index in [0.29, 0.717) is 37.0 Å². The molecule has 1 unspecified atom stereocenters. The summed E-state index contributed by atoms with van der Waals surface area (Å²) in [5, 5.41) is 13.7. The zero-order valence-corrected chi connectivity index (χ0v) is 23.7. The summed E-state index contributed by atoms with van der Waals surface area (Å²) in [4.78, 5) is 4.97. The molecule has 1 fully saturated rings. The molecule has 2 aromatic carbocycles. The number of halogens is 3. The summed E-state index contributed by atoms with van der Waals surface area (Å²) in [6, 6.07) is 9.94. The van der Waals surface area contributed by atoms with Gasteiger partial charge in [0.25, 0.3) is 0 Å². The molecule has 2 atom stereocenters. The Hall–Kier alpha value is -2.94. The van der Waals surface area contributed by atoms with E-state index in [9.17, 15) is 18.3 Å². The number of anilines is 2. The van der Waals surface area contributed by atoms with E-state index >= 15 is 0 Å². The number of aryl methyl sites for hydroxylation is 1. The number of nitrogens with one attached hydrogen (secondary N) is 1. The highest BCUT2D eigenvalue weighted by molar-refractivity contribution is 5.83. The van der Waals surface area contributed by atoms with E-state index in [1.54, 1.807) is 26.0 Å². The molecule has 0 amide bonds. The first-order valence-corrected chi connectivity index (χ1v) is 13.7. The van der Waals surface area contributed by atoms with Crippen LogP contribution in [-0.4, -0.2) is 33.2 Å². The molecule has 0 aliphatic heterocycles. The van der Waals surface area contributed by atoms with Crippen molar-refractivity contribution in [3.05, 3.63) is 42.0 Å². The summed E-state index contributed by atoms with van der Waals surface area (Å²) in [5.74, 6) is 1.66. The molecular weight excluding hydrogens is 507 g/mol. The number of benzene rings is 2. The lowest BCUT2D eigenvalue weighted by Crippen LogP contribution is -2.29. The molecule has 0 spiro atoms. The zero-order valence-electron chi connectivity index (χ0n) is 23.7. The average Bonchev–Trinajstić information content (AvgIpc) is 3.13. The van der Waals surface area contributed by atoms with Gasteiger partial charge in [-0.3, -0.25) is 0 Å². The number of alkyl halides is 3. The molecule has 0 saturated heterocycles. The highest BCUT2D eigenvalue weighted by Gasteiger charge is 2.35.